The molecule has 0 saturated heterocycles. The average Bonchev–Trinajstić information content (AvgIpc) is 2.14. The normalized spacial score (nSPS) is 13.2. The Bertz CT molecular complexity index is 295. The summed E-state index contributed by atoms with van der Waals surface area (Å²) in [6.45, 7) is 8.80. The topological polar surface area (TPSA) is 26.0 Å². The Hall–Kier alpha value is -0.820. The highest BCUT2D eigenvalue weighted by molar-refractivity contribution is 5.35. The van der Waals surface area contributed by atoms with Gasteiger partial charge in [-0.15, -0.1) is 0 Å². The molecule has 0 spiro atoms. The molecule has 0 fully saturated rings. The maximum atomic E-state index is 6.24. The molecule has 1 heteroatoms. The number of benzene rings is 1. The minimum Gasteiger partial charge on any atom is -0.324 e. The predicted molar refractivity (Wildman–Crippen MR) is 66.9 cm³/mol. The van der Waals surface area contributed by atoms with Crippen molar-refractivity contribution in [3.8, 4) is 0 Å². The fraction of sp³-hybridized carbons (Fsp3) is 0.571. The standard InChI is InChI=1S/C14H23N/c1-10(2)8-9-13(15)14-11(3)6-5-7-12(14)4/h5-7,10,13H,8-9,15H2,1-4H3/t13-/m1/s1. The van der Waals surface area contributed by atoms with E-state index < -0.39 is 0 Å². The van der Waals surface area contributed by atoms with Crippen LogP contribution in [0.3, 0.4) is 0 Å². The molecule has 0 aliphatic carbocycles. The van der Waals surface area contributed by atoms with Gasteiger partial charge in [0.1, 0.15) is 0 Å². The third-order valence-electron chi connectivity index (χ3n) is 2.97. The molecule has 0 aliphatic heterocycles. The van der Waals surface area contributed by atoms with Crippen LogP contribution in [0, 0.1) is 19.8 Å². The summed E-state index contributed by atoms with van der Waals surface area (Å²) in [5.74, 6) is 0.736. The number of nitrogens with two attached hydrogens (primary N) is 1. The van der Waals surface area contributed by atoms with Gasteiger partial charge in [0.25, 0.3) is 0 Å². The van der Waals surface area contributed by atoms with Crippen LogP contribution in [0.1, 0.15) is 49.4 Å². The predicted octanol–water partition coefficient (Wildman–Crippen LogP) is 3.74. The summed E-state index contributed by atoms with van der Waals surface area (Å²) in [5, 5.41) is 0. The van der Waals surface area contributed by atoms with Crippen molar-refractivity contribution in [2.24, 2.45) is 11.7 Å². The summed E-state index contributed by atoms with van der Waals surface area (Å²) in [5.41, 5.74) is 10.2. The number of aryl methyl sites for hydroxylation is 2. The van der Waals surface area contributed by atoms with Gasteiger partial charge in [-0.25, -0.2) is 0 Å². The molecule has 84 valence electrons. The maximum Gasteiger partial charge on any atom is 0.0300 e. The van der Waals surface area contributed by atoms with Crippen molar-refractivity contribution in [1.29, 1.82) is 0 Å². The summed E-state index contributed by atoms with van der Waals surface area (Å²) in [4.78, 5) is 0. The van der Waals surface area contributed by atoms with Crippen molar-refractivity contribution in [3.63, 3.8) is 0 Å². The SMILES string of the molecule is Cc1cccc(C)c1[C@H](N)CCC(C)C. The molecule has 1 atom stereocenters. The quantitative estimate of drug-likeness (QED) is 0.796. The van der Waals surface area contributed by atoms with Gasteiger partial charge in [0.05, 0.1) is 0 Å². The van der Waals surface area contributed by atoms with Gasteiger partial charge in [-0.2, -0.15) is 0 Å². The third kappa shape index (κ3) is 3.35. The molecule has 0 aliphatic rings. The fourth-order valence-electron chi connectivity index (χ4n) is 2.07. The van der Waals surface area contributed by atoms with Crippen molar-refractivity contribution in [2.75, 3.05) is 0 Å². The van der Waals surface area contributed by atoms with Crippen molar-refractivity contribution < 1.29 is 0 Å². The first-order valence-electron chi connectivity index (χ1n) is 5.84. The number of rotatable bonds is 4. The maximum absolute atomic E-state index is 6.24. The molecule has 0 unspecified atom stereocenters. The van der Waals surface area contributed by atoms with Crippen LogP contribution in [0.4, 0.5) is 0 Å². The zero-order valence-electron chi connectivity index (χ0n) is 10.4. The molecule has 15 heavy (non-hydrogen) atoms. The number of hydrogen-bond donors (Lipinski definition) is 1. The summed E-state index contributed by atoms with van der Waals surface area (Å²) < 4.78 is 0. The lowest BCUT2D eigenvalue weighted by Crippen LogP contribution is -2.14. The summed E-state index contributed by atoms with van der Waals surface area (Å²) in [7, 11) is 0. The van der Waals surface area contributed by atoms with Crippen LogP contribution >= 0.6 is 0 Å². The second kappa shape index (κ2) is 5.32. The summed E-state index contributed by atoms with van der Waals surface area (Å²) in [6, 6.07) is 6.60. The van der Waals surface area contributed by atoms with Crippen molar-refractivity contribution in [1.82, 2.24) is 0 Å². The smallest absolute Gasteiger partial charge is 0.0300 e. The molecule has 0 saturated carbocycles. The molecular formula is C14H23N. The second-order valence-electron chi connectivity index (χ2n) is 4.88. The lowest BCUT2D eigenvalue weighted by atomic mass is 9.92. The lowest BCUT2D eigenvalue weighted by Gasteiger charge is -2.18. The van der Waals surface area contributed by atoms with Gasteiger partial charge < -0.3 is 5.73 Å². The molecule has 1 aromatic carbocycles. The first-order chi connectivity index (χ1) is 7.02. The van der Waals surface area contributed by atoms with E-state index in [1.54, 1.807) is 0 Å². The van der Waals surface area contributed by atoms with E-state index in [1.807, 2.05) is 0 Å². The van der Waals surface area contributed by atoms with Gasteiger partial charge in [-0.3, -0.25) is 0 Å². The van der Waals surface area contributed by atoms with Gasteiger partial charge in [0, 0.05) is 6.04 Å². The molecule has 0 bridgehead atoms. The van der Waals surface area contributed by atoms with E-state index in [1.165, 1.54) is 23.1 Å². The highest BCUT2D eigenvalue weighted by atomic mass is 14.6. The van der Waals surface area contributed by atoms with E-state index in [-0.39, 0.29) is 6.04 Å². The Morgan fingerprint density at radius 1 is 1.07 bits per heavy atom. The first kappa shape index (κ1) is 12.3. The monoisotopic (exact) mass is 205 g/mol. The largest absolute Gasteiger partial charge is 0.324 e. The van der Waals surface area contributed by atoms with Gasteiger partial charge >= 0.3 is 0 Å². The van der Waals surface area contributed by atoms with Crippen LogP contribution in [-0.2, 0) is 0 Å². The minimum absolute atomic E-state index is 0.202. The van der Waals surface area contributed by atoms with Crippen LogP contribution < -0.4 is 5.73 Å². The van der Waals surface area contributed by atoms with Crippen LogP contribution in [-0.4, -0.2) is 0 Å². The van der Waals surface area contributed by atoms with Gasteiger partial charge in [0.2, 0.25) is 0 Å². The van der Waals surface area contributed by atoms with Crippen LogP contribution in [0.2, 0.25) is 0 Å². The molecular weight excluding hydrogens is 182 g/mol. The van der Waals surface area contributed by atoms with E-state index in [0.29, 0.717) is 0 Å². The van der Waals surface area contributed by atoms with Crippen molar-refractivity contribution in [3.05, 3.63) is 34.9 Å². The molecule has 1 aromatic rings. The highest BCUT2D eigenvalue weighted by Gasteiger charge is 2.11. The van der Waals surface area contributed by atoms with Crippen LogP contribution in [0.5, 0.6) is 0 Å². The Morgan fingerprint density at radius 3 is 2.07 bits per heavy atom. The Labute approximate surface area is 93.7 Å². The van der Waals surface area contributed by atoms with Crippen LogP contribution in [0.15, 0.2) is 18.2 Å². The highest BCUT2D eigenvalue weighted by Crippen LogP contribution is 2.24. The second-order valence-corrected chi connectivity index (χ2v) is 4.88. The van der Waals surface area contributed by atoms with E-state index in [4.69, 9.17) is 5.73 Å². The molecule has 0 heterocycles. The lowest BCUT2D eigenvalue weighted by molar-refractivity contribution is 0.505. The Morgan fingerprint density at radius 2 is 1.60 bits per heavy atom. The Kier molecular flexibility index (Phi) is 4.34. The first-order valence-corrected chi connectivity index (χ1v) is 5.84. The van der Waals surface area contributed by atoms with Gasteiger partial charge in [-0.1, -0.05) is 32.0 Å². The molecule has 1 rings (SSSR count). The van der Waals surface area contributed by atoms with Crippen molar-refractivity contribution >= 4 is 0 Å². The van der Waals surface area contributed by atoms with Crippen molar-refractivity contribution in [2.45, 2.75) is 46.6 Å². The third-order valence-corrected chi connectivity index (χ3v) is 2.97. The average molecular weight is 205 g/mol. The fourth-order valence-corrected chi connectivity index (χ4v) is 2.07. The van der Waals surface area contributed by atoms with E-state index in [0.717, 1.165) is 12.3 Å². The molecule has 0 amide bonds. The van der Waals surface area contributed by atoms with Gasteiger partial charge in [-0.05, 0) is 49.3 Å². The Balaban J connectivity index is 2.77. The zero-order valence-corrected chi connectivity index (χ0v) is 10.4. The van der Waals surface area contributed by atoms with E-state index in [9.17, 15) is 0 Å². The minimum atomic E-state index is 0.202. The van der Waals surface area contributed by atoms with Gasteiger partial charge in [0.15, 0.2) is 0 Å². The zero-order chi connectivity index (χ0) is 11.4. The summed E-state index contributed by atoms with van der Waals surface area (Å²) in [6.07, 6.45) is 2.29. The number of hydrogen-bond acceptors (Lipinski definition) is 1. The van der Waals surface area contributed by atoms with E-state index in [2.05, 4.69) is 45.9 Å². The van der Waals surface area contributed by atoms with E-state index >= 15 is 0 Å². The van der Waals surface area contributed by atoms with Crippen LogP contribution in [0.25, 0.3) is 0 Å². The molecule has 1 nitrogen and oxygen atoms in total. The molecule has 0 radical (unpaired) electrons. The molecule has 2 N–H and O–H groups in total. The molecule has 0 aromatic heterocycles. The summed E-state index contributed by atoms with van der Waals surface area (Å²) >= 11 is 0.